The summed E-state index contributed by atoms with van der Waals surface area (Å²) in [7, 11) is 0. The highest BCUT2D eigenvalue weighted by molar-refractivity contribution is 6.33. The summed E-state index contributed by atoms with van der Waals surface area (Å²) in [5.41, 5.74) is 1.04. The maximum absolute atomic E-state index is 6.12. The topological polar surface area (TPSA) is 15.3 Å². The third kappa shape index (κ3) is 4.18. The highest BCUT2D eigenvalue weighted by Crippen LogP contribution is 2.27. The Kier molecular flexibility index (Phi) is 4.90. The van der Waals surface area contributed by atoms with Gasteiger partial charge < -0.3 is 5.32 Å². The first-order valence-electron chi connectivity index (χ1n) is 6.89. The molecule has 2 nitrogen and oxygen atoms in total. The third-order valence-corrected chi connectivity index (χ3v) is 3.58. The number of nitrogens with one attached hydrogen (secondary N) is 1. The Bertz CT molecular complexity index is 375. The molecule has 0 saturated heterocycles. The van der Waals surface area contributed by atoms with Gasteiger partial charge >= 0.3 is 0 Å². The van der Waals surface area contributed by atoms with Crippen molar-refractivity contribution in [3.05, 3.63) is 29.3 Å². The first-order chi connectivity index (χ1) is 8.66. The Morgan fingerprint density at radius 1 is 1.33 bits per heavy atom. The Morgan fingerprint density at radius 2 is 2.06 bits per heavy atom. The number of anilines is 1. The molecule has 0 unspecified atom stereocenters. The highest BCUT2D eigenvalue weighted by Gasteiger charge is 2.28. The summed E-state index contributed by atoms with van der Waals surface area (Å²) < 4.78 is 0. The van der Waals surface area contributed by atoms with Crippen LogP contribution in [0.5, 0.6) is 0 Å². The van der Waals surface area contributed by atoms with E-state index < -0.39 is 0 Å². The van der Waals surface area contributed by atoms with Crippen LogP contribution >= 0.6 is 11.6 Å². The summed E-state index contributed by atoms with van der Waals surface area (Å²) in [5, 5.41) is 4.23. The smallest absolute Gasteiger partial charge is 0.0637 e. The molecule has 1 aromatic rings. The van der Waals surface area contributed by atoms with Crippen molar-refractivity contribution in [2.45, 2.75) is 32.7 Å². The average Bonchev–Trinajstić information content (AvgIpc) is 3.14. The predicted octanol–water partition coefficient (Wildman–Crippen LogP) is 3.87. The molecule has 3 heteroatoms. The van der Waals surface area contributed by atoms with Gasteiger partial charge in [-0.25, -0.2) is 0 Å². The second kappa shape index (κ2) is 6.44. The van der Waals surface area contributed by atoms with Gasteiger partial charge in [-0.15, -0.1) is 0 Å². The van der Waals surface area contributed by atoms with Crippen LogP contribution in [0.2, 0.25) is 5.02 Å². The van der Waals surface area contributed by atoms with E-state index in [1.807, 2.05) is 24.3 Å². The summed E-state index contributed by atoms with van der Waals surface area (Å²) in [6, 6.07) is 8.77. The molecule has 18 heavy (non-hydrogen) atoms. The lowest BCUT2D eigenvalue weighted by atomic mass is 10.2. The molecule has 1 aliphatic carbocycles. The Labute approximate surface area is 115 Å². The lowest BCUT2D eigenvalue weighted by molar-refractivity contribution is 0.243. The van der Waals surface area contributed by atoms with Crippen LogP contribution in [-0.4, -0.2) is 30.6 Å². The molecule has 100 valence electrons. The van der Waals surface area contributed by atoms with Crippen molar-refractivity contribution in [3.8, 4) is 0 Å². The van der Waals surface area contributed by atoms with Crippen LogP contribution in [0.4, 0.5) is 5.69 Å². The number of halogens is 1. The van der Waals surface area contributed by atoms with Crippen LogP contribution in [0.15, 0.2) is 24.3 Å². The average molecular weight is 267 g/mol. The Morgan fingerprint density at radius 3 is 2.67 bits per heavy atom. The van der Waals surface area contributed by atoms with Crippen molar-refractivity contribution in [1.82, 2.24) is 4.90 Å². The van der Waals surface area contributed by atoms with Gasteiger partial charge in [0.1, 0.15) is 0 Å². The van der Waals surface area contributed by atoms with Gasteiger partial charge in [-0.05, 0) is 30.9 Å². The fourth-order valence-corrected chi connectivity index (χ4v) is 2.47. The molecular formula is C15H23ClN2. The van der Waals surface area contributed by atoms with E-state index in [1.54, 1.807) is 0 Å². The first-order valence-corrected chi connectivity index (χ1v) is 7.27. The van der Waals surface area contributed by atoms with Gasteiger partial charge in [0, 0.05) is 25.7 Å². The Hall–Kier alpha value is -0.730. The van der Waals surface area contributed by atoms with Crippen molar-refractivity contribution in [2.24, 2.45) is 5.92 Å². The molecule has 0 aliphatic heterocycles. The maximum Gasteiger partial charge on any atom is 0.0637 e. The molecule has 0 heterocycles. The van der Waals surface area contributed by atoms with Crippen LogP contribution in [0.3, 0.4) is 0 Å². The van der Waals surface area contributed by atoms with Crippen LogP contribution in [0, 0.1) is 5.92 Å². The van der Waals surface area contributed by atoms with Crippen LogP contribution in [0.1, 0.15) is 26.7 Å². The second-order valence-corrected chi connectivity index (χ2v) is 5.93. The minimum Gasteiger partial charge on any atom is -0.383 e. The lowest BCUT2D eigenvalue weighted by Gasteiger charge is -2.24. The first kappa shape index (κ1) is 13.7. The molecule has 1 aliphatic rings. The molecule has 2 rings (SSSR count). The van der Waals surface area contributed by atoms with Gasteiger partial charge in [-0.3, -0.25) is 4.90 Å². The normalized spacial score (nSPS) is 15.4. The van der Waals surface area contributed by atoms with Crippen LogP contribution in [0.25, 0.3) is 0 Å². The molecule has 0 aromatic heterocycles. The molecule has 0 bridgehead atoms. The number of benzene rings is 1. The van der Waals surface area contributed by atoms with Crippen molar-refractivity contribution in [3.63, 3.8) is 0 Å². The van der Waals surface area contributed by atoms with Crippen molar-refractivity contribution in [1.29, 1.82) is 0 Å². The van der Waals surface area contributed by atoms with Gasteiger partial charge in [-0.2, -0.15) is 0 Å². The molecule has 0 radical (unpaired) electrons. The zero-order valence-electron chi connectivity index (χ0n) is 11.3. The fraction of sp³-hybridized carbons (Fsp3) is 0.600. The maximum atomic E-state index is 6.12. The molecule has 0 spiro atoms. The van der Waals surface area contributed by atoms with E-state index in [1.165, 1.54) is 19.4 Å². The third-order valence-electron chi connectivity index (χ3n) is 3.25. The van der Waals surface area contributed by atoms with E-state index >= 15 is 0 Å². The van der Waals surface area contributed by atoms with E-state index in [4.69, 9.17) is 11.6 Å². The summed E-state index contributed by atoms with van der Waals surface area (Å²) >= 11 is 6.12. The van der Waals surface area contributed by atoms with Crippen LogP contribution in [-0.2, 0) is 0 Å². The number of para-hydroxylation sites is 1. The summed E-state index contributed by atoms with van der Waals surface area (Å²) in [4.78, 5) is 2.61. The zero-order valence-corrected chi connectivity index (χ0v) is 12.1. The quantitative estimate of drug-likeness (QED) is 0.806. The molecule has 0 atom stereocenters. The number of rotatable bonds is 7. The minimum absolute atomic E-state index is 0.742. The fourth-order valence-electron chi connectivity index (χ4n) is 2.27. The summed E-state index contributed by atoms with van der Waals surface area (Å²) in [6.07, 6.45) is 2.75. The predicted molar refractivity (Wildman–Crippen MR) is 79.4 cm³/mol. The van der Waals surface area contributed by atoms with E-state index in [0.29, 0.717) is 0 Å². The monoisotopic (exact) mass is 266 g/mol. The van der Waals surface area contributed by atoms with E-state index in [2.05, 4.69) is 24.1 Å². The van der Waals surface area contributed by atoms with Gasteiger partial charge in [0.05, 0.1) is 10.7 Å². The second-order valence-electron chi connectivity index (χ2n) is 5.53. The number of nitrogens with zero attached hydrogens (tertiary/aromatic N) is 1. The van der Waals surface area contributed by atoms with E-state index in [-0.39, 0.29) is 0 Å². The van der Waals surface area contributed by atoms with Gasteiger partial charge in [0.2, 0.25) is 0 Å². The standard InChI is InChI=1S/C15H23ClN2/c1-12(2)11-18(13-7-8-13)10-9-17-15-6-4-3-5-14(15)16/h3-6,12-13,17H,7-11H2,1-2H3. The van der Waals surface area contributed by atoms with Crippen LogP contribution < -0.4 is 5.32 Å². The SMILES string of the molecule is CC(C)CN(CCNc1ccccc1Cl)C1CC1. The van der Waals surface area contributed by atoms with Crippen molar-refractivity contribution in [2.75, 3.05) is 25.0 Å². The number of hydrogen-bond donors (Lipinski definition) is 1. The summed E-state index contributed by atoms with van der Waals surface area (Å²) in [5.74, 6) is 0.742. The molecule has 0 amide bonds. The molecule has 1 N–H and O–H groups in total. The van der Waals surface area contributed by atoms with Gasteiger partial charge in [-0.1, -0.05) is 37.6 Å². The molecular weight excluding hydrogens is 244 g/mol. The van der Waals surface area contributed by atoms with Crippen molar-refractivity contribution >= 4 is 17.3 Å². The summed E-state index contributed by atoms with van der Waals surface area (Å²) in [6.45, 7) is 7.85. The number of hydrogen-bond acceptors (Lipinski definition) is 2. The largest absolute Gasteiger partial charge is 0.383 e. The highest BCUT2D eigenvalue weighted by atomic mass is 35.5. The Balaban J connectivity index is 1.78. The zero-order chi connectivity index (χ0) is 13.0. The van der Waals surface area contributed by atoms with E-state index in [0.717, 1.165) is 35.8 Å². The van der Waals surface area contributed by atoms with Gasteiger partial charge in [0.25, 0.3) is 0 Å². The molecule has 1 fully saturated rings. The van der Waals surface area contributed by atoms with Crippen molar-refractivity contribution < 1.29 is 0 Å². The van der Waals surface area contributed by atoms with E-state index in [9.17, 15) is 0 Å². The lowest BCUT2D eigenvalue weighted by Crippen LogP contribution is -2.34. The van der Waals surface area contributed by atoms with Gasteiger partial charge in [0.15, 0.2) is 0 Å². The molecule has 1 saturated carbocycles. The molecule has 1 aromatic carbocycles. The minimum atomic E-state index is 0.742.